The van der Waals surface area contributed by atoms with Crippen LogP contribution in [0.3, 0.4) is 0 Å². The summed E-state index contributed by atoms with van der Waals surface area (Å²) in [5.74, 6) is 0.700. The van der Waals surface area contributed by atoms with Gasteiger partial charge in [-0.3, -0.25) is 9.69 Å². The van der Waals surface area contributed by atoms with Crippen molar-refractivity contribution in [3.63, 3.8) is 0 Å². The van der Waals surface area contributed by atoms with Crippen LogP contribution < -0.4 is 0 Å². The molecule has 5 atom stereocenters. The minimum atomic E-state index is -0.638. The van der Waals surface area contributed by atoms with Crippen LogP contribution in [-0.4, -0.2) is 53.8 Å². The topological polar surface area (TPSA) is 65.6 Å². The number of aromatic nitrogens is 1. The Balaban J connectivity index is 1.77. The van der Waals surface area contributed by atoms with Crippen molar-refractivity contribution in [2.45, 2.75) is 37.1 Å². The fourth-order valence-electron chi connectivity index (χ4n) is 6.32. The van der Waals surface area contributed by atoms with E-state index in [1.807, 2.05) is 6.07 Å². The number of aliphatic hydroxyl groups is 1. The summed E-state index contributed by atoms with van der Waals surface area (Å²) < 4.78 is 5.41. The summed E-state index contributed by atoms with van der Waals surface area (Å²) in [7, 11) is 1.51. The van der Waals surface area contributed by atoms with Gasteiger partial charge < -0.3 is 14.8 Å². The van der Waals surface area contributed by atoms with Crippen LogP contribution in [0.1, 0.15) is 30.5 Å². The first-order valence-electron chi connectivity index (χ1n) is 9.72. The Bertz CT molecular complexity index is 860. The molecule has 6 rings (SSSR count). The number of rotatable bonds is 3. The van der Waals surface area contributed by atoms with E-state index in [4.69, 9.17) is 4.74 Å². The van der Waals surface area contributed by atoms with Gasteiger partial charge in [0, 0.05) is 42.3 Å². The lowest BCUT2D eigenvalue weighted by Crippen LogP contribution is -2.67. The second kappa shape index (κ2) is 5.83. The minimum Gasteiger partial charge on any atom is -0.468 e. The molecule has 2 N–H and O–H groups in total. The molecule has 3 aliphatic heterocycles. The average Bonchev–Trinajstić information content (AvgIpc) is 3.00. The van der Waals surface area contributed by atoms with E-state index in [9.17, 15) is 9.90 Å². The standard InChI is InChI=1S/C21H26N2O3/c1-26-20(25)21-11-13-10-14(7-9-24)19(21)23(12-13)8-6-16-15-4-2-3-5-17(15)22-18(16)21/h2-5,13-14,19,22,24H,6-12H2,1H3/t13?,14-,19-,21+/m0/s1. The number of carbonyl (C=O) groups is 1. The van der Waals surface area contributed by atoms with Crippen molar-refractivity contribution in [3.05, 3.63) is 35.5 Å². The SMILES string of the molecule is COC(=O)[C@@]12CC3C[C@H](CCO)[C@@H]1N(CCc1c2[nH]c2ccccc12)C3. The Kier molecular flexibility index (Phi) is 3.66. The lowest BCUT2D eigenvalue weighted by molar-refractivity contribution is -0.162. The number of nitrogens with one attached hydrogen (secondary N) is 1. The van der Waals surface area contributed by atoms with Crippen molar-refractivity contribution < 1.29 is 14.6 Å². The highest BCUT2D eigenvalue weighted by atomic mass is 16.5. The van der Waals surface area contributed by atoms with Crippen molar-refractivity contribution in [1.29, 1.82) is 0 Å². The number of benzene rings is 1. The predicted molar refractivity (Wildman–Crippen MR) is 99.0 cm³/mol. The number of methoxy groups -OCH3 is 1. The summed E-state index contributed by atoms with van der Waals surface area (Å²) in [4.78, 5) is 19.4. The molecule has 138 valence electrons. The highest BCUT2D eigenvalue weighted by molar-refractivity contribution is 5.91. The molecule has 4 heterocycles. The molecule has 4 bridgehead atoms. The summed E-state index contributed by atoms with van der Waals surface area (Å²) >= 11 is 0. The van der Waals surface area contributed by atoms with E-state index >= 15 is 0 Å². The number of nitrogens with zero attached hydrogens (tertiary/aromatic N) is 1. The molecule has 0 spiro atoms. The van der Waals surface area contributed by atoms with E-state index in [1.165, 1.54) is 18.1 Å². The number of hydrogen-bond donors (Lipinski definition) is 2. The summed E-state index contributed by atoms with van der Waals surface area (Å²) in [5.41, 5.74) is 2.82. The summed E-state index contributed by atoms with van der Waals surface area (Å²) in [6.07, 6.45) is 3.66. The van der Waals surface area contributed by atoms with Crippen molar-refractivity contribution >= 4 is 16.9 Å². The number of esters is 1. The Morgan fingerprint density at radius 1 is 1.42 bits per heavy atom. The molecule has 1 aromatic carbocycles. The number of hydrogen-bond acceptors (Lipinski definition) is 4. The molecule has 0 radical (unpaired) electrons. The van der Waals surface area contributed by atoms with Crippen LogP contribution in [0.15, 0.2) is 24.3 Å². The molecule has 1 saturated carbocycles. The smallest absolute Gasteiger partial charge is 0.319 e. The van der Waals surface area contributed by atoms with Crippen LogP contribution in [0.4, 0.5) is 0 Å². The van der Waals surface area contributed by atoms with Gasteiger partial charge in [-0.15, -0.1) is 0 Å². The molecule has 1 aromatic heterocycles. The van der Waals surface area contributed by atoms with Gasteiger partial charge in [0.05, 0.1) is 7.11 Å². The van der Waals surface area contributed by atoms with Gasteiger partial charge in [0.1, 0.15) is 5.41 Å². The Morgan fingerprint density at radius 2 is 2.27 bits per heavy atom. The van der Waals surface area contributed by atoms with Gasteiger partial charge >= 0.3 is 5.97 Å². The monoisotopic (exact) mass is 354 g/mol. The number of aromatic amines is 1. The van der Waals surface area contributed by atoms with Crippen LogP contribution in [0.2, 0.25) is 0 Å². The van der Waals surface area contributed by atoms with Crippen LogP contribution in [-0.2, 0) is 21.4 Å². The van der Waals surface area contributed by atoms with Crippen molar-refractivity contribution in [1.82, 2.24) is 9.88 Å². The normalized spacial score (nSPS) is 35.2. The quantitative estimate of drug-likeness (QED) is 0.830. The molecule has 0 amide bonds. The van der Waals surface area contributed by atoms with Gasteiger partial charge in [0.25, 0.3) is 0 Å². The summed E-state index contributed by atoms with van der Waals surface area (Å²) in [6, 6.07) is 8.47. The van der Waals surface area contributed by atoms with E-state index in [-0.39, 0.29) is 18.6 Å². The average molecular weight is 354 g/mol. The molecule has 2 unspecified atom stereocenters. The molecule has 5 nitrogen and oxygen atoms in total. The highest BCUT2D eigenvalue weighted by Crippen LogP contribution is 2.55. The van der Waals surface area contributed by atoms with Crippen LogP contribution in [0, 0.1) is 11.8 Å². The zero-order valence-corrected chi connectivity index (χ0v) is 15.2. The largest absolute Gasteiger partial charge is 0.468 e. The van der Waals surface area contributed by atoms with Crippen molar-refractivity contribution in [2.24, 2.45) is 11.8 Å². The lowest BCUT2D eigenvalue weighted by atomic mass is 9.56. The zero-order chi connectivity index (χ0) is 17.9. The van der Waals surface area contributed by atoms with Crippen molar-refractivity contribution in [2.75, 3.05) is 26.8 Å². The number of ether oxygens (including phenoxy) is 1. The molecular formula is C21H26N2O3. The molecular weight excluding hydrogens is 328 g/mol. The van der Waals surface area contributed by atoms with E-state index in [2.05, 4.69) is 28.1 Å². The predicted octanol–water partition coefficient (Wildman–Crippen LogP) is 2.23. The molecule has 3 fully saturated rings. The summed E-state index contributed by atoms with van der Waals surface area (Å²) in [5, 5.41) is 10.9. The maximum absolute atomic E-state index is 13.3. The number of aliphatic hydroxyl groups excluding tert-OH is 1. The van der Waals surface area contributed by atoms with Gasteiger partial charge in [0.2, 0.25) is 0 Å². The number of H-pyrrole nitrogens is 1. The van der Waals surface area contributed by atoms with Crippen molar-refractivity contribution in [3.8, 4) is 0 Å². The molecule has 4 aliphatic rings. The van der Waals surface area contributed by atoms with Crippen LogP contribution in [0.25, 0.3) is 10.9 Å². The van der Waals surface area contributed by atoms with E-state index in [0.29, 0.717) is 11.8 Å². The number of para-hydroxylation sites is 1. The number of piperidine rings is 2. The number of fused-ring (bicyclic) bond motifs is 4. The third-order valence-corrected chi connectivity index (χ3v) is 7.04. The van der Waals surface area contributed by atoms with Gasteiger partial charge in [-0.1, -0.05) is 18.2 Å². The maximum atomic E-state index is 13.3. The molecule has 5 heteroatoms. The molecule has 1 aliphatic carbocycles. The second-order valence-corrected chi connectivity index (χ2v) is 8.26. The Morgan fingerprint density at radius 3 is 3.08 bits per heavy atom. The van der Waals surface area contributed by atoms with Crippen LogP contribution >= 0.6 is 0 Å². The maximum Gasteiger partial charge on any atom is 0.319 e. The third-order valence-electron chi connectivity index (χ3n) is 7.04. The fourth-order valence-corrected chi connectivity index (χ4v) is 6.32. The third kappa shape index (κ3) is 2.01. The van der Waals surface area contributed by atoms with Gasteiger partial charge in [-0.25, -0.2) is 0 Å². The Labute approximate surface area is 153 Å². The summed E-state index contributed by atoms with van der Waals surface area (Å²) in [6.45, 7) is 2.21. The van der Waals surface area contributed by atoms with Gasteiger partial charge in [0.15, 0.2) is 0 Å². The zero-order valence-electron chi connectivity index (χ0n) is 15.2. The van der Waals surface area contributed by atoms with E-state index in [1.54, 1.807) is 0 Å². The molecule has 2 saturated heterocycles. The second-order valence-electron chi connectivity index (χ2n) is 8.26. The Hall–Kier alpha value is -1.85. The first-order chi connectivity index (χ1) is 12.7. The molecule has 2 aromatic rings. The van der Waals surface area contributed by atoms with E-state index in [0.717, 1.165) is 50.0 Å². The minimum absolute atomic E-state index is 0.112. The van der Waals surface area contributed by atoms with E-state index < -0.39 is 5.41 Å². The lowest BCUT2D eigenvalue weighted by Gasteiger charge is -2.57. The van der Waals surface area contributed by atoms with Gasteiger partial charge in [-0.05, 0) is 49.1 Å². The highest BCUT2D eigenvalue weighted by Gasteiger charge is 2.62. The first-order valence-corrected chi connectivity index (χ1v) is 9.72. The molecule has 26 heavy (non-hydrogen) atoms. The fraction of sp³-hybridized carbons (Fsp3) is 0.571. The number of carbonyl (C=O) groups excluding carboxylic acids is 1. The van der Waals surface area contributed by atoms with Crippen LogP contribution in [0.5, 0.6) is 0 Å². The first kappa shape index (κ1) is 16.3. The van der Waals surface area contributed by atoms with Gasteiger partial charge in [-0.2, -0.15) is 0 Å².